The van der Waals surface area contributed by atoms with Gasteiger partial charge in [0.2, 0.25) is 5.91 Å². The number of carbonyl (C=O) groups is 2. The summed E-state index contributed by atoms with van der Waals surface area (Å²) in [5.74, 6) is -1.51. The number of nitrogens with one attached hydrogen (secondary N) is 1. The largest absolute Gasteiger partial charge is 0.480 e. The summed E-state index contributed by atoms with van der Waals surface area (Å²) in [5, 5.41) is 22.2. The molecule has 0 saturated carbocycles. The molecule has 0 aliphatic heterocycles. The molecule has 1 rings (SSSR count). The van der Waals surface area contributed by atoms with Crippen molar-refractivity contribution in [2.45, 2.75) is 38.6 Å². The van der Waals surface area contributed by atoms with Gasteiger partial charge in [0.15, 0.2) is 0 Å². The molecule has 1 atom stereocenters. The van der Waals surface area contributed by atoms with Crippen LogP contribution >= 0.6 is 0 Å². The molecule has 0 radical (unpaired) electrons. The number of rotatable bonds is 7. The van der Waals surface area contributed by atoms with E-state index in [4.69, 9.17) is 0 Å². The van der Waals surface area contributed by atoms with Crippen molar-refractivity contribution in [2.24, 2.45) is 0 Å². The van der Waals surface area contributed by atoms with Crippen LogP contribution in [0.15, 0.2) is 24.3 Å². The van der Waals surface area contributed by atoms with Gasteiger partial charge >= 0.3 is 5.97 Å². The highest BCUT2D eigenvalue weighted by Gasteiger charge is 2.33. The van der Waals surface area contributed by atoms with Crippen molar-refractivity contribution in [1.82, 2.24) is 5.32 Å². The van der Waals surface area contributed by atoms with Crippen molar-refractivity contribution < 1.29 is 19.6 Å². The van der Waals surface area contributed by atoms with Crippen LogP contribution in [-0.4, -0.2) is 27.4 Å². The molecule has 0 fully saturated rings. The maximum Gasteiger partial charge on any atom is 0.329 e. The molecule has 0 aliphatic rings. The van der Waals surface area contributed by atoms with Crippen molar-refractivity contribution in [3.05, 3.63) is 39.9 Å². The normalized spacial score (nSPS) is 13.2. The van der Waals surface area contributed by atoms with Crippen LogP contribution in [0, 0.1) is 10.1 Å². The molecule has 0 spiro atoms. The second-order valence-electron chi connectivity index (χ2n) is 5.04. The van der Waals surface area contributed by atoms with E-state index in [1.165, 1.54) is 31.2 Å². The highest BCUT2D eigenvalue weighted by Crippen LogP contribution is 2.15. The Morgan fingerprint density at radius 3 is 2.33 bits per heavy atom. The number of amides is 1. The zero-order valence-electron chi connectivity index (χ0n) is 12.0. The van der Waals surface area contributed by atoms with E-state index < -0.39 is 22.3 Å². The Balaban J connectivity index is 2.72. The average molecular weight is 294 g/mol. The van der Waals surface area contributed by atoms with E-state index in [0.29, 0.717) is 18.4 Å². The number of non-ortho nitro benzene ring substituents is 1. The second-order valence-corrected chi connectivity index (χ2v) is 5.04. The van der Waals surface area contributed by atoms with Gasteiger partial charge in [-0.15, -0.1) is 0 Å². The molecule has 1 unspecified atom stereocenters. The predicted molar refractivity (Wildman–Crippen MR) is 75.9 cm³/mol. The Morgan fingerprint density at radius 1 is 1.33 bits per heavy atom. The van der Waals surface area contributed by atoms with Crippen molar-refractivity contribution in [1.29, 1.82) is 0 Å². The van der Waals surface area contributed by atoms with Crippen LogP contribution in [-0.2, 0) is 16.0 Å². The minimum atomic E-state index is -1.30. The zero-order valence-corrected chi connectivity index (χ0v) is 12.0. The average Bonchev–Trinajstić information content (AvgIpc) is 2.39. The quantitative estimate of drug-likeness (QED) is 0.589. The van der Waals surface area contributed by atoms with E-state index in [0.717, 1.165) is 0 Å². The SMILES string of the molecule is CCCC(C)(NC(=O)Cc1ccc([N+](=O)[O-])cc1)C(=O)O. The van der Waals surface area contributed by atoms with Gasteiger partial charge in [-0.05, 0) is 18.9 Å². The Labute approximate surface area is 122 Å². The standard InChI is InChI=1S/C14H18N2O5/c1-3-8-14(2,13(18)19)15-12(17)9-10-4-6-11(7-5-10)16(20)21/h4-7H,3,8-9H2,1-2H3,(H,15,17)(H,18,19). The molecule has 0 saturated heterocycles. The molecule has 0 aromatic heterocycles. The summed E-state index contributed by atoms with van der Waals surface area (Å²) >= 11 is 0. The van der Waals surface area contributed by atoms with Gasteiger partial charge in [-0.25, -0.2) is 4.79 Å². The molecule has 1 aromatic carbocycles. The Morgan fingerprint density at radius 2 is 1.90 bits per heavy atom. The lowest BCUT2D eigenvalue weighted by molar-refractivity contribution is -0.384. The summed E-state index contributed by atoms with van der Waals surface area (Å²) in [6, 6.07) is 5.58. The fourth-order valence-corrected chi connectivity index (χ4v) is 2.00. The molecule has 114 valence electrons. The third-order valence-electron chi connectivity index (χ3n) is 3.15. The lowest BCUT2D eigenvalue weighted by atomic mass is 9.96. The molecule has 1 amide bonds. The number of benzene rings is 1. The van der Waals surface area contributed by atoms with Crippen LogP contribution in [0.1, 0.15) is 32.3 Å². The number of hydrogen-bond acceptors (Lipinski definition) is 4. The van der Waals surface area contributed by atoms with Crippen LogP contribution in [0.25, 0.3) is 0 Å². The summed E-state index contributed by atoms with van der Waals surface area (Å²) < 4.78 is 0. The molecule has 2 N–H and O–H groups in total. The van der Waals surface area contributed by atoms with Crippen LogP contribution in [0.3, 0.4) is 0 Å². The third kappa shape index (κ3) is 4.55. The van der Waals surface area contributed by atoms with Gasteiger partial charge in [0.25, 0.3) is 5.69 Å². The highest BCUT2D eigenvalue weighted by molar-refractivity contribution is 5.87. The predicted octanol–water partition coefficient (Wildman–Crippen LogP) is 1.90. The second kappa shape index (κ2) is 6.83. The van der Waals surface area contributed by atoms with E-state index in [2.05, 4.69) is 5.32 Å². The van der Waals surface area contributed by atoms with Gasteiger partial charge in [-0.1, -0.05) is 25.5 Å². The molecule has 0 heterocycles. The van der Waals surface area contributed by atoms with Crippen molar-refractivity contribution in [3.8, 4) is 0 Å². The number of nitro groups is 1. The van der Waals surface area contributed by atoms with Crippen LogP contribution in [0.5, 0.6) is 0 Å². The summed E-state index contributed by atoms with van der Waals surface area (Å²) in [7, 11) is 0. The molecule has 7 nitrogen and oxygen atoms in total. The number of carboxylic acid groups (broad SMARTS) is 1. The van der Waals surface area contributed by atoms with E-state index in [9.17, 15) is 24.8 Å². The Bertz CT molecular complexity index is 541. The van der Waals surface area contributed by atoms with Crippen molar-refractivity contribution >= 4 is 17.6 Å². The summed E-state index contributed by atoms with van der Waals surface area (Å²) in [4.78, 5) is 33.2. The van der Waals surface area contributed by atoms with Gasteiger partial charge in [0, 0.05) is 12.1 Å². The monoisotopic (exact) mass is 294 g/mol. The minimum Gasteiger partial charge on any atom is -0.480 e. The number of hydrogen-bond donors (Lipinski definition) is 2. The zero-order chi connectivity index (χ0) is 16.0. The van der Waals surface area contributed by atoms with Gasteiger partial charge in [0.05, 0.1) is 11.3 Å². The summed E-state index contributed by atoms with van der Waals surface area (Å²) in [5.41, 5.74) is -0.769. The van der Waals surface area contributed by atoms with Crippen LogP contribution < -0.4 is 5.32 Å². The first-order valence-corrected chi connectivity index (χ1v) is 6.56. The fraction of sp³-hybridized carbons (Fsp3) is 0.429. The molecule has 1 aromatic rings. The first kappa shape index (κ1) is 16.6. The van der Waals surface area contributed by atoms with Crippen LogP contribution in [0.2, 0.25) is 0 Å². The first-order valence-electron chi connectivity index (χ1n) is 6.56. The summed E-state index contributed by atoms with van der Waals surface area (Å²) in [6.07, 6.45) is 0.930. The number of carbonyl (C=O) groups excluding carboxylic acids is 1. The molecule has 7 heteroatoms. The topological polar surface area (TPSA) is 110 Å². The van der Waals surface area contributed by atoms with Gasteiger partial charge in [-0.3, -0.25) is 14.9 Å². The highest BCUT2D eigenvalue weighted by atomic mass is 16.6. The maximum absolute atomic E-state index is 11.9. The molecule has 21 heavy (non-hydrogen) atoms. The lowest BCUT2D eigenvalue weighted by Crippen LogP contribution is -2.52. The van der Waals surface area contributed by atoms with E-state index in [1.807, 2.05) is 6.92 Å². The van der Waals surface area contributed by atoms with Crippen LogP contribution in [0.4, 0.5) is 5.69 Å². The maximum atomic E-state index is 11.9. The van der Waals surface area contributed by atoms with E-state index in [-0.39, 0.29) is 12.1 Å². The molecule has 0 aliphatic carbocycles. The molecule has 0 bridgehead atoms. The van der Waals surface area contributed by atoms with Gasteiger partial charge in [0.1, 0.15) is 5.54 Å². The van der Waals surface area contributed by atoms with Crippen molar-refractivity contribution in [2.75, 3.05) is 0 Å². The number of nitro benzene ring substituents is 1. The summed E-state index contributed by atoms with van der Waals surface area (Å²) in [6.45, 7) is 3.30. The third-order valence-corrected chi connectivity index (χ3v) is 3.15. The lowest BCUT2D eigenvalue weighted by Gasteiger charge is -2.25. The number of nitrogens with zero attached hydrogens (tertiary/aromatic N) is 1. The van der Waals surface area contributed by atoms with E-state index >= 15 is 0 Å². The first-order chi connectivity index (χ1) is 9.78. The van der Waals surface area contributed by atoms with E-state index in [1.54, 1.807) is 0 Å². The number of carboxylic acids is 1. The smallest absolute Gasteiger partial charge is 0.329 e. The molecular formula is C14H18N2O5. The van der Waals surface area contributed by atoms with Crippen molar-refractivity contribution in [3.63, 3.8) is 0 Å². The molecular weight excluding hydrogens is 276 g/mol. The fourth-order valence-electron chi connectivity index (χ4n) is 2.00. The Hall–Kier alpha value is -2.44. The van der Waals surface area contributed by atoms with Gasteiger partial charge in [-0.2, -0.15) is 0 Å². The number of aliphatic carboxylic acids is 1. The minimum absolute atomic E-state index is 0.0232. The Kier molecular flexibility index (Phi) is 5.40. The van der Waals surface area contributed by atoms with Gasteiger partial charge < -0.3 is 10.4 Å².